The molecule has 0 aromatic heterocycles. The fraction of sp³-hybridized carbons (Fsp3) is 0.368. The summed E-state index contributed by atoms with van der Waals surface area (Å²) >= 11 is 0. The third-order valence-corrected chi connectivity index (χ3v) is 17.8. The Kier molecular flexibility index (Phi) is 6.59. The van der Waals surface area contributed by atoms with Gasteiger partial charge in [-0.2, -0.15) is 0 Å². The third-order valence-electron chi connectivity index (χ3n) is 17.8. The molecule has 2 nitrogen and oxygen atoms in total. The molecule has 6 aliphatic carbocycles. The molecule has 2 spiro atoms. The lowest BCUT2D eigenvalue weighted by atomic mass is 9.26. The lowest BCUT2D eigenvalue weighted by molar-refractivity contribution is -0.235. The van der Waals surface area contributed by atoms with E-state index >= 15 is 0 Å². The zero-order valence-corrected chi connectivity index (χ0v) is 35.5. The summed E-state index contributed by atoms with van der Waals surface area (Å²) in [6.45, 7) is 14.6. The number of benzene rings is 6. The summed E-state index contributed by atoms with van der Waals surface area (Å²) in [4.78, 5) is 2.60. The minimum Gasteiger partial charge on any atom is -0.457 e. The highest BCUT2D eigenvalue weighted by molar-refractivity contribution is 5.87. The van der Waals surface area contributed by atoms with Crippen LogP contribution in [0.3, 0.4) is 0 Å². The summed E-state index contributed by atoms with van der Waals surface area (Å²) in [6.07, 6.45) is 8.01. The quantitative estimate of drug-likeness (QED) is 0.177. The Bertz CT molecular complexity index is 2790. The summed E-state index contributed by atoms with van der Waals surface area (Å²) in [5.41, 5.74) is 18.1. The van der Waals surface area contributed by atoms with Gasteiger partial charge in [0.1, 0.15) is 11.5 Å². The van der Waals surface area contributed by atoms with Gasteiger partial charge in [-0.15, -0.1) is 0 Å². The molecule has 2 bridgehead atoms. The Balaban J connectivity index is 1.03. The van der Waals surface area contributed by atoms with Crippen LogP contribution in [0.15, 0.2) is 127 Å². The van der Waals surface area contributed by atoms with Crippen molar-refractivity contribution in [2.75, 3.05) is 4.90 Å². The van der Waals surface area contributed by atoms with Crippen molar-refractivity contribution in [1.82, 2.24) is 0 Å². The van der Waals surface area contributed by atoms with Gasteiger partial charge in [0, 0.05) is 39.4 Å². The number of ether oxygens (including phenoxy) is 1. The molecule has 0 amide bonds. The van der Waals surface area contributed by atoms with Gasteiger partial charge in [0.2, 0.25) is 0 Å². The van der Waals surface area contributed by atoms with Crippen LogP contribution in [0.25, 0.3) is 22.3 Å². The van der Waals surface area contributed by atoms with Crippen LogP contribution in [0, 0.1) is 29.1 Å². The number of rotatable bonds is 4. The number of anilines is 3. The zero-order valence-electron chi connectivity index (χ0n) is 35.5. The van der Waals surface area contributed by atoms with E-state index in [1.165, 1.54) is 105 Å². The molecule has 0 saturated heterocycles. The lowest BCUT2D eigenvalue weighted by Gasteiger charge is -2.77. The normalized spacial score (nSPS) is 29.5. The predicted octanol–water partition coefficient (Wildman–Crippen LogP) is 14.9. The molecular formula is C57H55NO. The largest absolute Gasteiger partial charge is 0.457 e. The number of hydrogen-bond donors (Lipinski definition) is 0. The van der Waals surface area contributed by atoms with Gasteiger partial charge in [0.15, 0.2) is 0 Å². The van der Waals surface area contributed by atoms with Crippen LogP contribution in [0.2, 0.25) is 0 Å². The predicted molar refractivity (Wildman–Crippen MR) is 242 cm³/mol. The standard InChI is InChI=1S/C57H55NO/c1-53(2)25-26-54(3,4)52-45(53)17-12-18-47(52)58(38-20-22-41-40-15-10-11-16-42(40)55(5,6)46(41)31-38)39-21-24-44-49(32-39)59-48-29-36(35-13-8-7-9-14-35)19-23-43(48)57(44)50-28-34-27-37-30-51(57)56(37,50)33-34/h7-24,29,31-32,34,37,50-51H,25-28,30,33H2,1-6H3. The maximum Gasteiger partial charge on any atom is 0.133 e. The van der Waals surface area contributed by atoms with Crippen LogP contribution in [-0.4, -0.2) is 0 Å². The van der Waals surface area contributed by atoms with E-state index in [1.54, 1.807) is 0 Å². The smallest absolute Gasteiger partial charge is 0.133 e. The van der Waals surface area contributed by atoms with Gasteiger partial charge in [0.05, 0.1) is 5.69 Å². The molecule has 1 aliphatic heterocycles. The van der Waals surface area contributed by atoms with Crippen LogP contribution in [0.4, 0.5) is 17.1 Å². The first kappa shape index (κ1) is 34.8. The average Bonchev–Trinajstić information content (AvgIpc) is 3.85. The molecule has 2 heteroatoms. The van der Waals surface area contributed by atoms with Gasteiger partial charge in [-0.05, 0) is 153 Å². The van der Waals surface area contributed by atoms with E-state index in [0.717, 1.165) is 29.8 Å². The van der Waals surface area contributed by atoms with E-state index < -0.39 is 0 Å². The SMILES string of the molecule is CC1(C)CCC(C)(C)c2c(N(c3ccc4c(c3)Oc3cc(-c5ccccc5)ccc3C43C4CC5CC6CC3C64C5)c3ccc4c(c3)C(C)(C)c3ccccc3-4)cccc21. The first-order chi connectivity index (χ1) is 28.4. The Morgan fingerprint density at radius 3 is 2.03 bits per heavy atom. The summed E-state index contributed by atoms with van der Waals surface area (Å²) in [5.74, 6) is 5.36. The third kappa shape index (κ3) is 4.19. The Labute approximate surface area is 350 Å². The molecule has 6 aromatic rings. The van der Waals surface area contributed by atoms with Crippen molar-refractivity contribution in [2.24, 2.45) is 29.1 Å². The Morgan fingerprint density at radius 1 is 0.525 bits per heavy atom. The average molecular weight is 770 g/mol. The monoisotopic (exact) mass is 769 g/mol. The first-order valence-corrected chi connectivity index (χ1v) is 22.6. The molecule has 6 aromatic carbocycles. The fourth-order valence-corrected chi connectivity index (χ4v) is 15.2. The minimum atomic E-state index is -0.0992. The molecule has 6 unspecified atom stereocenters. The van der Waals surface area contributed by atoms with Crippen molar-refractivity contribution in [3.05, 3.63) is 161 Å². The Hall–Kier alpha value is -5.08. The second kappa shape index (κ2) is 11.2. The molecule has 0 N–H and O–H groups in total. The van der Waals surface area contributed by atoms with E-state index in [9.17, 15) is 0 Å². The van der Waals surface area contributed by atoms with Crippen molar-refractivity contribution in [3.8, 4) is 33.8 Å². The van der Waals surface area contributed by atoms with Crippen molar-refractivity contribution >= 4 is 17.1 Å². The molecule has 4 saturated carbocycles. The molecule has 294 valence electrons. The lowest BCUT2D eigenvalue weighted by Crippen LogP contribution is -2.74. The van der Waals surface area contributed by atoms with Gasteiger partial charge in [-0.3, -0.25) is 0 Å². The van der Waals surface area contributed by atoms with E-state index in [1.807, 2.05) is 0 Å². The van der Waals surface area contributed by atoms with Gasteiger partial charge in [-0.25, -0.2) is 0 Å². The molecule has 59 heavy (non-hydrogen) atoms. The van der Waals surface area contributed by atoms with Crippen LogP contribution in [0.1, 0.15) is 113 Å². The van der Waals surface area contributed by atoms with Crippen molar-refractivity contribution in [2.45, 2.75) is 102 Å². The van der Waals surface area contributed by atoms with E-state index in [0.29, 0.717) is 17.3 Å². The van der Waals surface area contributed by atoms with E-state index in [4.69, 9.17) is 4.74 Å². The van der Waals surface area contributed by atoms with Crippen LogP contribution >= 0.6 is 0 Å². The fourth-order valence-electron chi connectivity index (χ4n) is 15.2. The number of hydrogen-bond acceptors (Lipinski definition) is 2. The number of fused-ring (bicyclic) bond motifs is 11. The summed E-state index contributed by atoms with van der Waals surface area (Å²) in [6, 6.07) is 49.0. The molecule has 0 radical (unpaired) electrons. The maximum absolute atomic E-state index is 7.33. The molecule has 1 heterocycles. The topological polar surface area (TPSA) is 12.5 Å². The molecule has 7 aliphatic rings. The molecule has 6 atom stereocenters. The van der Waals surface area contributed by atoms with Crippen molar-refractivity contribution < 1.29 is 4.74 Å². The summed E-state index contributed by atoms with van der Waals surface area (Å²) < 4.78 is 7.33. The van der Waals surface area contributed by atoms with Crippen LogP contribution < -0.4 is 9.64 Å². The van der Waals surface area contributed by atoms with Gasteiger partial charge < -0.3 is 9.64 Å². The summed E-state index contributed by atoms with van der Waals surface area (Å²) in [7, 11) is 0. The highest BCUT2D eigenvalue weighted by atomic mass is 16.5. The maximum atomic E-state index is 7.33. The molecular weight excluding hydrogens is 715 g/mol. The van der Waals surface area contributed by atoms with E-state index in [-0.39, 0.29) is 21.7 Å². The van der Waals surface area contributed by atoms with Gasteiger partial charge in [-0.1, -0.05) is 133 Å². The van der Waals surface area contributed by atoms with Crippen LogP contribution in [-0.2, 0) is 21.7 Å². The van der Waals surface area contributed by atoms with Gasteiger partial charge >= 0.3 is 0 Å². The highest BCUT2D eigenvalue weighted by Crippen LogP contribution is 2.89. The van der Waals surface area contributed by atoms with Crippen molar-refractivity contribution in [1.29, 1.82) is 0 Å². The zero-order chi connectivity index (χ0) is 39.8. The molecule has 4 fully saturated rings. The van der Waals surface area contributed by atoms with Crippen molar-refractivity contribution in [3.63, 3.8) is 0 Å². The second-order valence-electron chi connectivity index (χ2n) is 21.6. The Morgan fingerprint density at radius 2 is 1.20 bits per heavy atom. The minimum absolute atomic E-state index is 0.0223. The molecule has 13 rings (SSSR count). The van der Waals surface area contributed by atoms with Gasteiger partial charge in [0.25, 0.3) is 0 Å². The second-order valence-corrected chi connectivity index (χ2v) is 21.6. The van der Waals surface area contributed by atoms with Crippen LogP contribution in [0.5, 0.6) is 11.5 Å². The van der Waals surface area contributed by atoms with E-state index in [2.05, 4.69) is 174 Å². The summed E-state index contributed by atoms with van der Waals surface area (Å²) in [5, 5.41) is 0. The number of nitrogens with zero attached hydrogens (tertiary/aromatic N) is 1. The first-order valence-electron chi connectivity index (χ1n) is 22.6. The highest BCUT2D eigenvalue weighted by Gasteiger charge is 2.84.